The largest absolute Gasteiger partial charge is 0.270 e. The van der Waals surface area contributed by atoms with Gasteiger partial charge < -0.3 is 0 Å². The lowest BCUT2D eigenvalue weighted by molar-refractivity contribution is 0.507. The maximum atomic E-state index is 14.4. The molecule has 0 aliphatic heterocycles. The Kier molecular flexibility index (Phi) is 5.40. The predicted octanol–water partition coefficient (Wildman–Crippen LogP) is 5.95. The predicted molar refractivity (Wildman–Crippen MR) is 107 cm³/mol. The molecule has 0 unspecified atom stereocenters. The van der Waals surface area contributed by atoms with Crippen LogP contribution in [0.3, 0.4) is 0 Å². The van der Waals surface area contributed by atoms with E-state index in [1.54, 1.807) is 22.8 Å². The molecule has 0 radical (unpaired) electrons. The molecule has 1 heterocycles. The Bertz CT molecular complexity index is 1160. The third-order valence-corrected chi connectivity index (χ3v) is 5.39. The average molecular weight is 411 g/mol. The first-order valence-corrected chi connectivity index (χ1v) is 9.85. The van der Waals surface area contributed by atoms with Crippen LogP contribution in [0.5, 0.6) is 0 Å². The quantitative estimate of drug-likeness (QED) is 0.380. The second kappa shape index (κ2) is 8.13. The molecule has 3 nitrogen and oxygen atoms in total. The SMILES string of the molecule is Cc1ccc(-n2c(SCc3ccc(F)c(F)c3)nnc2-c2ccccc2F)cc1. The Balaban J connectivity index is 1.74. The summed E-state index contributed by atoms with van der Waals surface area (Å²) in [5.74, 6) is -1.44. The Labute approximate surface area is 170 Å². The molecule has 0 fully saturated rings. The Morgan fingerprint density at radius 1 is 0.828 bits per heavy atom. The van der Waals surface area contributed by atoms with Crippen LogP contribution in [0.25, 0.3) is 17.1 Å². The summed E-state index contributed by atoms with van der Waals surface area (Å²) in [5.41, 5.74) is 2.82. The fourth-order valence-electron chi connectivity index (χ4n) is 2.88. The van der Waals surface area contributed by atoms with Gasteiger partial charge in [0.2, 0.25) is 0 Å². The summed E-state index contributed by atoms with van der Waals surface area (Å²) in [7, 11) is 0. The molecule has 0 spiro atoms. The minimum atomic E-state index is -0.893. The van der Waals surface area contributed by atoms with Gasteiger partial charge in [0.05, 0.1) is 5.56 Å². The van der Waals surface area contributed by atoms with E-state index in [2.05, 4.69) is 10.2 Å². The van der Waals surface area contributed by atoms with Gasteiger partial charge in [0, 0.05) is 11.4 Å². The molecule has 0 bridgehead atoms. The van der Waals surface area contributed by atoms with Crippen LogP contribution in [0.2, 0.25) is 0 Å². The van der Waals surface area contributed by atoms with Gasteiger partial charge in [0.25, 0.3) is 0 Å². The van der Waals surface area contributed by atoms with Crippen molar-refractivity contribution in [2.75, 3.05) is 0 Å². The number of aryl methyl sites for hydroxylation is 1. The van der Waals surface area contributed by atoms with E-state index in [0.717, 1.165) is 23.4 Å². The lowest BCUT2D eigenvalue weighted by atomic mass is 10.2. The molecule has 29 heavy (non-hydrogen) atoms. The number of benzene rings is 3. The van der Waals surface area contributed by atoms with Crippen LogP contribution >= 0.6 is 11.8 Å². The molecule has 0 atom stereocenters. The third kappa shape index (κ3) is 4.05. The minimum Gasteiger partial charge on any atom is -0.270 e. The van der Waals surface area contributed by atoms with Crippen LogP contribution in [-0.2, 0) is 5.75 Å². The molecule has 3 aromatic carbocycles. The van der Waals surface area contributed by atoms with Crippen molar-refractivity contribution < 1.29 is 13.2 Å². The zero-order valence-electron chi connectivity index (χ0n) is 15.4. The normalized spacial score (nSPS) is 11.0. The molecule has 0 aliphatic rings. The fraction of sp³-hybridized carbons (Fsp3) is 0.0909. The van der Waals surface area contributed by atoms with Crippen LogP contribution in [-0.4, -0.2) is 14.8 Å². The molecule has 0 aliphatic carbocycles. The van der Waals surface area contributed by atoms with Crippen LogP contribution < -0.4 is 0 Å². The van der Waals surface area contributed by atoms with Crippen molar-refractivity contribution in [2.24, 2.45) is 0 Å². The number of hydrogen-bond acceptors (Lipinski definition) is 3. The number of rotatable bonds is 5. The second-order valence-electron chi connectivity index (χ2n) is 6.49. The van der Waals surface area contributed by atoms with Gasteiger partial charge in [0.15, 0.2) is 22.6 Å². The summed E-state index contributed by atoms with van der Waals surface area (Å²) in [6.45, 7) is 1.98. The molecule has 7 heteroatoms. The van der Waals surface area contributed by atoms with E-state index in [-0.39, 0.29) is 0 Å². The van der Waals surface area contributed by atoms with E-state index < -0.39 is 17.5 Å². The number of halogens is 3. The first kappa shape index (κ1) is 19.3. The monoisotopic (exact) mass is 411 g/mol. The van der Waals surface area contributed by atoms with E-state index >= 15 is 0 Å². The lowest BCUT2D eigenvalue weighted by Crippen LogP contribution is -2.01. The average Bonchev–Trinajstić information content (AvgIpc) is 3.13. The molecular weight excluding hydrogens is 395 g/mol. The highest BCUT2D eigenvalue weighted by atomic mass is 32.2. The molecule has 0 saturated carbocycles. The molecule has 0 amide bonds. The summed E-state index contributed by atoms with van der Waals surface area (Å²) >= 11 is 1.31. The zero-order valence-corrected chi connectivity index (χ0v) is 16.3. The number of nitrogens with zero attached hydrogens (tertiary/aromatic N) is 3. The Morgan fingerprint density at radius 3 is 2.31 bits per heavy atom. The van der Waals surface area contributed by atoms with Crippen LogP contribution in [0.15, 0.2) is 71.9 Å². The molecular formula is C22H16F3N3S. The van der Waals surface area contributed by atoms with E-state index in [4.69, 9.17) is 0 Å². The van der Waals surface area contributed by atoms with Crippen molar-refractivity contribution in [3.63, 3.8) is 0 Å². The van der Waals surface area contributed by atoms with Crippen molar-refractivity contribution in [3.8, 4) is 17.1 Å². The maximum absolute atomic E-state index is 14.4. The van der Waals surface area contributed by atoms with Crippen molar-refractivity contribution in [2.45, 2.75) is 17.8 Å². The summed E-state index contributed by atoms with van der Waals surface area (Å²) in [6, 6.07) is 17.9. The fourth-order valence-corrected chi connectivity index (χ4v) is 3.78. The van der Waals surface area contributed by atoms with Crippen molar-refractivity contribution >= 4 is 11.8 Å². The highest BCUT2D eigenvalue weighted by Crippen LogP contribution is 2.31. The molecule has 1 aromatic heterocycles. The zero-order chi connectivity index (χ0) is 20.4. The highest BCUT2D eigenvalue weighted by molar-refractivity contribution is 7.98. The van der Waals surface area contributed by atoms with Gasteiger partial charge in [-0.25, -0.2) is 13.2 Å². The minimum absolute atomic E-state index is 0.334. The Morgan fingerprint density at radius 2 is 1.59 bits per heavy atom. The number of hydrogen-bond donors (Lipinski definition) is 0. The molecule has 4 aromatic rings. The van der Waals surface area contributed by atoms with Gasteiger partial charge in [-0.05, 0) is 48.9 Å². The van der Waals surface area contributed by atoms with E-state index in [9.17, 15) is 13.2 Å². The maximum Gasteiger partial charge on any atom is 0.196 e. The van der Waals surface area contributed by atoms with Gasteiger partial charge in [-0.1, -0.05) is 47.7 Å². The van der Waals surface area contributed by atoms with Crippen LogP contribution in [0, 0.1) is 24.4 Å². The number of aromatic nitrogens is 3. The second-order valence-corrected chi connectivity index (χ2v) is 7.44. The van der Waals surface area contributed by atoms with Crippen molar-refractivity contribution in [1.29, 1.82) is 0 Å². The van der Waals surface area contributed by atoms with Crippen LogP contribution in [0.1, 0.15) is 11.1 Å². The van der Waals surface area contributed by atoms with Gasteiger partial charge in [0.1, 0.15) is 5.82 Å². The summed E-state index contributed by atoms with van der Waals surface area (Å²) in [5, 5.41) is 8.96. The number of thioether (sulfide) groups is 1. The molecule has 0 N–H and O–H groups in total. The highest BCUT2D eigenvalue weighted by Gasteiger charge is 2.19. The van der Waals surface area contributed by atoms with Gasteiger partial charge >= 0.3 is 0 Å². The van der Waals surface area contributed by atoms with E-state index in [1.165, 1.54) is 23.9 Å². The summed E-state index contributed by atoms with van der Waals surface area (Å²) in [4.78, 5) is 0. The lowest BCUT2D eigenvalue weighted by Gasteiger charge is -2.11. The summed E-state index contributed by atoms with van der Waals surface area (Å²) in [6.07, 6.45) is 0. The molecule has 146 valence electrons. The Hall–Kier alpha value is -3.06. The topological polar surface area (TPSA) is 30.7 Å². The van der Waals surface area contributed by atoms with E-state index in [1.807, 2.05) is 31.2 Å². The third-order valence-electron chi connectivity index (χ3n) is 4.39. The summed E-state index contributed by atoms with van der Waals surface area (Å²) < 4.78 is 42.8. The smallest absolute Gasteiger partial charge is 0.196 e. The van der Waals surface area contributed by atoms with Gasteiger partial charge in [-0.3, -0.25) is 4.57 Å². The van der Waals surface area contributed by atoms with Crippen molar-refractivity contribution in [1.82, 2.24) is 14.8 Å². The van der Waals surface area contributed by atoms with Gasteiger partial charge in [-0.15, -0.1) is 10.2 Å². The molecule has 0 saturated heterocycles. The van der Waals surface area contributed by atoms with Crippen molar-refractivity contribution in [3.05, 3.63) is 95.3 Å². The van der Waals surface area contributed by atoms with Gasteiger partial charge in [-0.2, -0.15) is 0 Å². The van der Waals surface area contributed by atoms with E-state index in [0.29, 0.717) is 27.9 Å². The first-order chi connectivity index (χ1) is 14.0. The first-order valence-electron chi connectivity index (χ1n) is 8.87. The standard InChI is InChI=1S/C22H16F3N3S/c1-14-6-9-16(10-7-14)28-21(17-4-2-3-5-18(17)23)26-27-22(28)29-13-15-8-11-19(24)20(25)12-15/h2-12H,13H2,1H3. The molecule has 4 rings (SSSR count). The van der Waals surface area contributed by atoms with Crippen LogP contribution in [0.4, 0.5) is 13.2 Å².